The quantitative estimate of drug-likeness (QED) is 0.629. The standard InChI is InChI=1S/C24H20N4O6/c1-22(2)17-18(13-7-5-9-33-13)27-28-23(11-25,12-26)15(20(29)31-3)16(21(30)32-4)24(28,19(17)22)14-8-6-10-34-14/h5-10,17,19H,1-4H3/t17-,19+,24+/m1/s1. The summed E-state index contributed by atoms with van der Waals surface area (Å²) in [6.07, 6.45) is 2.92. The molecule has 10 heteroatoms. The predicted octanol–water partition coefficient (Wildman–Crippen LogP) is 2.50. The summed E-state index contributed by atoms with van der Waals surface area (Å²) >= 11 is 0. The van der Waals surface area contributed by atoms with Crippen molar-refractivity contribution < 1.29 is 27.9 Å². The number of ether oxygens (including phenoxy) is 2. The van der Waals surface area contributed by atoms with Crippen LogP contribution in [0.4, 0.5) is 0 Å². The zero-order valence-electron chi connectivity index (χ0n) is 18.9. The van der Waals surface area contributed by atoms with Crippen molar-refractivity contribution in [2.24, 2.45) is 22.4 Å². The van der Waals surface area contributed by atoms with Gasteiger partial charge in [-0.1, -0.05) is 13.8 Å². The van der Waals surface area contributed by atoms with E-state index < -0.39 is 39.9 Å². The van der Waals surface area contributed by atoms with Gasteiger partial charge in [-0.3, -0.25) is 0 Å². The van der Waals surface area contributed by atoms with E-state index in [1.54, 1.807) is 24.3 Å². The van der Waals surface area contributed by atoms with Gasteiger partial charge in [0.25, 0.3) is 5.54 Å². The molecule has 3 atom stereocenters. The summed E-state index contributed by atoms with van der Waals surface area (Å²) in [6.45, 7) is 3.97. The Kier molecular flexibility index (Phi) is 4.33. The van der Waals surface area contributed by atoms with E-state index in [9.17, 15) is 20.1 Å². The van der Waals surface area contributed by atoms with Crippen molar-refractivity contribution in [3.8, 4) is 12.1 Å². The minimum atomic E-state index is -2.30. The molecule has 1 saturated carbocycles. The summed E-state index contributed by atoms with van der Waals surface area (Å²) in [5.74, 6) is -1.84. The molecule has 0 radical (unpaired) electrons. The largest absolute Gasteiger partial charge is 0.466 e. The fraction of sp³-hybridized carbons (Fsp3) is 0.375. The van der Waals surface area contributed by atoms with E-state index in [-0.39, 0.29) is 17.3 Å². The van der Waals surface area contributed by atoms with Crippen LogP contribution in [0.25, 0.3) is 0 Å². The van der Waals surface area contributed by atoms with Crippen LogP contribution in [0.2, 0.25) is 0 Å². The van der Waals surface area contributed by atoms with Crippen molar-refractivity contribution in [3.63, 3.8) is 0 Å². The predicted molar refractivity (Wildman–Crippen MR) is 113 cm³/mol. The molecule has 1 aliphatic carbocycles. The lowest BCUT2D eigenvalue weighted by Crippen LogP contribution is -2.56. The maximum atomic E-state index is 13.4. The van der Waals surface area contributed by atoms with Crippen molar-refractivity contribution in [1.82, 2.24) is 5.01 Å². The van der Waals surface area contributed by atoms with Gasteiger partial charge in [-0.05, 0) is 29.7 Å². The van der Waals surface area contributed by atoms with Gasteiger partial charge in [0.2, 0.25) is 0 Å². The highest BCUT2D eigenvalue weighted by Gasteiger charge is 2.82. The van der Waals surface area contributed by atoms with Crippen LogP contribution in [0.3, 0.4) is 0 Å². The Morgan fingerprint density at radius 2 is 1.65 bits per heavy atom. The summed E-state index contributed by atoms with van der Waals surface area (Å²) in [5.41, 5.74) is -4.49. The molecule has 1 fully saturated rings. The first-order chi connectivity index (χ1) is 16.3. The van der Waals surface area contributed by atoms with Gasteiger partial charge in [0, 0.05) is 11.8 Å². The molecule has 4 heterocycles. The Labute approximate surface area is 194 Å². The van der Waals surface area contributed by atoms with Gasteiger partial charge in [-0.15, -0.1) is 0 Å². The number of esters is 2. The molecule has 5 rings (SSSR count). The van der Waals surface area contributed by atoms with Crippen molar-refractivity contribution in [1.29, 1.82) is 10.5 Å². The van der Waals surface area contributed by atoms with Crippen LogP contribution >= 0.6 is 0 Å². The first-order valence-corrected chi connectivity index (χ1v) is 10.5. The Morgan fingerprint density at radius 3 is 2.18 bits per heavy atom. The molecule has 0 spiro atoms. The third-order valence-electron chi connectivity index (χ3n) is 7.20. The second-order valence-corrected chi connectivity index (χ2v) is 8.96. The molecular formula is C24H20N4O6. The molecule has 0 amide bonds. The van der Waals surface area contributed by atoms with Gasteiger partial charge in [0.15, 0.2) is 5.54 Å². The van der Waals surface area contributed by atoms with E-state index in [0.29, 0.717) is 11.5 Å². The van der Waals surface area contributed by atoms with Gasteiger partial charge in [-0.25, -0.2) is 14.6 Å². The third-order valence-corrected chi connectivity index (χ3v) is 7.20. The van der Waals surface area contributed by atoms with Crippen molar-refractivity contribution in [2.45, 2.75) is 24.9 Å². The average molecular weight is 460 g/mol. The lowest BCUT2D eigenvalue weighted by atomic mass is 9.78. The highest BCUT2D eigenvalue weighted by atomic mass is 16.5. The smallest absolute Gasteiger partial charge is 0.339 e. The number of hydrogen-bond donors (Lipinski definition) is 0. The summed E-state index contributed by atoms with van der Waals surface area (Å²) in [6, 6.07) is 10.6. The summed E-state index contributed by atoms with van der Waals surface area (Å²) in [4.78, 5) is 26.5. The number of nitrogens with zero attached hydrogens (tertiary/aromatic N) is 4. The van der Waals surface area contributed by atoms with E-state index in [2.05, 4.69) is 0 Å². The minimum absolute atomic E-state index is 0.192. The SMILES string of the molecule is COC(=O)C1=C(C(=O)OC)[C@@]2(c3ccco3)[C@H]3[C@@H](C(c4ccco4)=NN2C1(C#N)C#N)C3(C)C. The molecule has 10 nitrogen and oxygen atoms in total. The fourth-order valence-corrected chi connectivity index (χ4v) is 5.83. The molecule has 3 aliphatic rings. The van der Waals surface area contributed by atoms with Crippen LogP contribution in [0, 0.1) is 39.9 Å². The van der Waals surface area contributed by atoms with E-state index in [4.69, 9.17) is 23.4 Å². The van der Waals surface area contributed by atoms with Gasteiger partial charge in [0.05, 0.1) is 32.3 Å². The Balaban J connectivity index is 1.96. The maximum absolute atomic E-state index is 13.4. The van der Waals surface area contributed by atoms with Crippen LogP contribution < -0.4 is 0 Å². The number of carbonyl (C=O) groups excluding carboxylic acids is 2. The number of fused-ring (bicyclic) bond motifs is 3. The maximum Gasteiger partial charge on any atom is 0.339 e. The van der Waals surface area contributed by atoms with Crippen molar-refractivity contribution in [3.05, 3.63) is 59.5 Å². The first kappa shape index (κ1) is 21.5. The summed E-state index contributed by atoms with van der Waals surface area (Å²) in [7, 11) is 2.28. The first-order valence-electron chi connectivity index (χ1n) is 10.5. The monoisotopic (exact) mass is 460 g/mol. The normalized spacial score (nSPS) is 27.6. The molecule has 0 unspecified atom stereocenters. The van der Waals surface area contributed by atoms with E-state index in [0.717, 1.165) is 7.11 Å². The van der Waals surface area contributed by atoms with Gasteiger partial charge < -0.3 is 18.3 Å². The second kappa shape index (κ2) is 6.84. The zero-order valence-corrected chi connectivity index (χ0v) is 18.9. The van der Waals surface area contributed by atoms with Crippen molar-refractivity contribution >= 4 is 17.7 Å². The molecule has 172 valence electrons. The Bertz CT molecular complexity index is 1320. The summed E-state index contributed by atoms with van der Waals surface area (Å²) < 4.78 is 21.5. The molecule has 2 aromatic heterocycles. The van der Waals surface area contributed by atoms with E-state index in [1.807, 2.05) is 26.0 Å². The molecule has 0 aromatic carbocycles. The lowest BCUT2D eigenvalue weighted by molar-refractivity contribution is -0.140. The third kappa shape index (κ3) is 2.25. The number of furan rings is 2. The van der Waals surface area contributed by atoms with Crippen molar-refractivity contribution in [2.75, 3.05) is 14.2 Å². The Hall–Kier alpha value is -4.31. The second-order valence-electron chi connectivity index (χ2n) is 8.96. The summed E-state index contributed by atoms with van der Waals surface area (Å²) in [5, 5.41) is 26.7. The fourth-order valence-electron chi connectivity index (χ4n) is 5.83. The van der Waals surface area contributed by atoms with E-state index >= 15 is 0 Å². The molecule has 0 saturated heterocycles. The van der Waals surface area contributed by atoms with Crippen LogP contribution in [0.1, 0.15) is 25.4 Å². The number of rotatable bonds is 4. The number of hydrazone groups is 1. The molecule has 0 N–H and O–H groups in total. The molecule has 0 bridgehead atoms. The van der Waals surface area contributed by atoms with Crippen LogP contribution in [0.5, 0.6) is 0 Å². The van der Waals surface area contributed by atoms with Gasteiger partial charge in [-0.2, -0.15) is 15.6 Å². The van der Waals surface area contributed by atoms with Crippen LogP contribution in [-0.2, 0) is 24.6 Å². The van der Waals surface area contributed by atoms with Crippen LogP contribution in [-0.4, -0.2) is 42.4 Å². The topological polar surface area (TPSA) is 142 Å². The van der Waals surface area contributed by atoms with Gasteiger partial charge in [0.1, 0.15) is 34.9 Å². The number of nitriles is 2. The highest BCUT2D eigenvalue weighted by Crippen LogP contribution is 2.74. The zero-order chi connectivity index (χ0) is 24.5. The molecule has 2 aromatic rings. The number of methoxy groups -OCH3 is 2. The van der Waals surface area contributed by atoms with Gasteiger partial charge >= 0.3 is 11.9 Å². The van der Waals surface area contributed by atoms with E-state index in [1.165, 1.54) is 24.6 Å². The molecular weight excluding hydrogens is 440 g/mol. The Morgan fingerprint density at radius 1 is 1.03 bits per heavy atom. The highest BCUT2D eigenvalue weighted by molar-refractivity contribution is 6.09. The lowest BCUT2D eigenvalue weighted by Gasteiger charge is -2.43. The number of hydrogen-bond acceptors (Lipinski definition) is 10. The minimum Gasteiger partial charge on any atom is -0.466 e. The van der Waals surface area contributed by atoms with Crippen LogP contribution in [0.15, 0.2) is 61.9 Å². The molecule has 2 aliphatic heterocycles. The number of carbonyl (C=O) groups is 2. The average Bonchev–Trinajstić information content (AvgIpc) is 3.40. The molecule has 34 heavy (non-hydrogen) atoms.